The third-order valence-corrected chi connectivity index (χ3v) is 2.09. The molecule has 0 aliphatic rings. The van der Waals surface area contributed by atoms with E-state index in [0.29, 0.717) is 0 Å². The van der Waals surface area contributed by atoms with Crippen LogP contribution in [0, 0.1) is 0 Å². The minimum atomic E-state index is -0.279. The number of nitrogens with zero attached hydrogens (tertiary/aromatic N) is 3. The smallest absolute Gasteiger partial charge is 0.293 e. The molecule has 2 heterocycles. The van der Waals surface area contributed by atoms with E-state index in [1.54, 1.807) is 0 Å². The monoisotopic (exact) mass is 180 g/mol. The summed E-state index contributed by atoms with van der Waals surface area (Å²) in [5.74, 6) is 0. The van der Waals surface area contributed by atoms with E-state index in [1.165, 1.54) is 29.8 Å². The van der Waals surface area contributed by atoms with Crippen molar-refractivity contribution in [2.45, 2.75) is 0 Å². The van der Waals surface area contributed by atoms with Crippen molar-refractivity contribution >= 4 is 11.0 Å². The lowest BCUT2D eigenvalue weighted by Gasteiger charge is -2.03. The van der Waals surface area contributed by atoms with Crippen LogP contribution < -0.4 is 11.1 Å². The second-order valence-electron chi connectivity index (χ2n) is 2.78. The van der Waals surface area contributed by atoms with E-state index in [4.69, 9.17) is 0 Å². The van der Waals surface area contributed by atoms with Gasteiger partial charge in [-0.25, -0.2) is 14.3 Å². The van der Waals surface area contributed by atoms with E-state index in [9.17, 15) is 9.59 Å². The molecule has 0 radical (unpaired) electrons. The van der Waals surface area contributed by atoms with Crippen LogP contribution in [-0.2, 0) is 14.1 Å². The van der Waals surface area contributed by atoms with Gasteiger partial charge < -0.3 is 4.98 Å². The topological polar surface area (TPSA) is 72.7 Å². The molecular formula is C7H8N4O2. The standard InChI is InChI=1S/C7H8N4O2/c1-10-6(12)4-5(9-3-8-4)7(13)11(10)2/h3H,1-2H3,(H,8,9). The van der Waals surface area contributed by atoms with Gasteiger partial charge in [-0.1, -0.05) is 0 Å². The lowest BCUT2D eigenvalue weighted by atomic mass is 10.4. The molecule has 0 bridgehead atoms. The Hall–Kier alpha value is -1.85. The Kier molecular flexibility index (Phi) is 1.39. The highest BCUT2D eigenvalue weighted by Gasteiger charge is 2.09. The number of H-pyrrole nitrogens is 1. The molecule has 6 heteroatoms. The Morgan fingerprint density at radius 1 is 1.23 bits per heavy atom. The second-order valence-corrected chi connectivity index (χ2v) is 2.78. The van der Waals surface area contributed by atoms with Crippen LogP contribution in [0.1, 0.15) is 0 Å². The molecule has 0 aromatic carbocycles. The number of imidazole rings is 1. The van der Waals surface area contributed by atoms with Crippen LogP contribution in [0.2, 0.25) is 0 Å². The van der Waals surface area contributed by atoms with E-state index in [-0.39, 0.29) is 22.2 Å². The Bertz CT molecular complexity index is 524. The van der Waals surface area contributed by atoms with Crippen molar-refractivity contribution in [2.24, 2.45) is 14.1 Å². The summed E-state index contributed by atoms with van der Waals surface area (Å²) in [5.41, 5.74) is -0.0934. The number of aromatic nitrogens is 4. The van der Waals surface area contributed by atoms with Crippen LogP contribution in [0.5, 0.6) is 0 Å². The molecule has 0 saturated carbocycles. The number of aromatic amines is 1. The average molecular weight is 180 g/mol. The van der Waals surface area contributed by atoms with E-state index in [2.05, 4.69) is 9.97 Å². The predicted molar refractivity (Wildman–Crippen MR) is 46.6 cm³/mol. The van der Waals surface area contributed by atoms with Crippen molar-refractivity contribution in [3.05, 3.63) is 27.0 Å². The van der Waals surface area contributed by atoms with Gasteiger partial charge in [-0.2, -0.15) is 0 Å². The van der Waals surface area contributed by atoms with Crippen molar-refractivity contribution in [1.82, 2.24) is 19.3 Å². The van der Waals surface area contributed by atoms with Crippen LogP contribution in [0.15, 0.2) is 15.9 Å². The van der Waals surface area contributed by atoms with Crippen LogP contribution in [0.25, 0.3) is 11.0 Å². The van der Waals surface area contributed by atoms with Crippen LogP contribution in [0.4, 0.5) is 0 Å². The Morgan fingerprint density at radius 2 is 1.85 bits per heavy atom. The highest BCUT2D eigenvalue weighted by molar-refractivity contribution is 5.71. The SMILES string of the molecule is Cn1c(=O)c2nc[nH]c2c(=O)n1C. The molecule has 68 valence electrons. The van der Waals surface area contributed by atoms with Gasteiger partial charge in [-0.3, -0.25) is 9.59 Å². The van der Waals surface area contributed by atoms with Gasteiger partial charge in [0.1, 0.15) is 5.52 Å². The average Bonchev–Trinajstić information content (AvgIpc) is 2.59. The first-order chi connectivity index (χ1) is 6.13. The summed E-state index contributed by atoms with van der Waals surface area (Å²) in [6.07, 6.45) is 1.34. The molecule has 13 heavy (non-hydrogen) atoms. The molecule has 0 aliphatic heterocycles. The maximum Gasteiger partial charge on any atom is 0.293 e. The number of rotatable bonds is 0. The first kappa shape index (κ1) is 7.78. The van der Waals surface area contributed by atoms with Gasteiger partial charge in [0, 0.05) is 14.1 Å². The number of hydrogen-bond donors (Lipinski definition) is 1. The van der Waals surface area contributed by atoms with Crippen molar-refractivity contribution in [3.63, 3.8) is 0 Å². The van der Waals surface area contributed by atoms with Gasteiger partial charge in [0.25, 0.3) is 11.1 Å². The number of nitrogens with one attached hydrogen (secondary N) is 1. The molecule has 6 nitrogen and oxygen atoms in total. The lowest BCUT2D eigenvalue weighted by Crippen LogP contribution is -2.35. The molecule has 0 aliphatic carbocycles. The maximum absolute atomic E-state index is 11.5. The Morgan fingerprint density at radius 3 is 2.54 bits per heavy atom. The van der Waals surface area contributed by atoms with Gasteiger partial charge in [-0.15, -0.1) is 0 Å². The summed E-state index contributed by atoms with van der Waals surface area (Å²) >= 11 is 0. The fourth-order valence-corrected chi connectivity index (χ4v) is 1.21. The molecular weight excluding hydrogens is 172 g/mol. The van der Waals surface area contributed by atoms with Crippen LogP contribution in [-0.4, -0.2) is 19.3 Å². The fourth-order valence-electron chi connectivity index (χ4n) is 1.21. The second kappa shape index (κ2) is 2.32. The van der Waals surface area contributed by atoms with Gasteiger partial charge in [0.15, 0.2) is 5.52 Å². The van der Waals surface area contributed by atoms with Crippen molar-refractivity contribution < 1.29 is 0 Å². The molecule has 2 rings (SSSR count). The van der Waals surface area contributed by atoms with Crippen molar-refractivity contribution in [2.75, 3.05) is 0 Å². The fraction of sp³-hybridized carbons (Fsp3) is 0.286. The summed E-state index contributed by atoms with van der Waals surface area (Å²) in [7, 11) is 3.06. The van der Waals surface area contributed by atoms with E-state index in [0.717, 1.165) is 0 Å². The molecule has 0 fully saturated rings. The highest BCUT2D eigenvalue weighted by atomic mass is 16.2. The highest BCUT2D eigenvalue weighted by Crippen LogP contribution is 1.94. The summed E-state index contributed by atoms with van der Waals surface area (Å²) in [6, 6.07) is 0. The van der Waals surface area contributed by atoms with Gasteiger partial charge in [-0.05, 0) is 0 Å². The molecule has 0 amide bonds. The molecule has 0 spiro atoms. The molecule has 2 aromatic heterocycles. The van der Waals surface area contributed by atoms with E-state index in [1.807, 2.05) is 0 Å². The molecule has 0 atom stereocenters. The minimum Gasteiger partial charge on any atom is -0.340 e. The third-order valence-electron chi connectivity index (χ3n) is 2.09. The lowest BCUT2D eigenvalue weighted by molar-refractivity contribution is 0.541. The largest absolute Gasteiger partial charge is 0.340 e. The molecule has 1 N–H and O–H groups in total. The third kappa shape index (κ3) is 0.851. The first-order valence-corrected chi connectivity index (χ1v) is 3.72. The first-order valence-electron chi connectivity index (χ1n) is 3.72. The molecule has 0 unspecified atom stereocenters. The number of fused-ring (bicyclic) bond motifs is 1. The Balaban J connectivity index is 3.21. The van der Waals surface area contributed by atoms with Gasteiger partial charge in [0.2, 0.25) is 0 Å². The zero-order valence-electron chi connectivity index (χ0n) is 7.24. The summed E-state index contributed by atoms with van der Waals surface area (Å²) in [4.78, 5) is 29.4. The van der Waals surface area contributed by atoms with Crippen molar-refractivity contribution in [1.29, 1.82) is 0 Å². The molecule has 0 saturated heterocycles. The quantitative estimate of drug-likeness (QED) is 0.562. The van der Waals surface area contributed by atoms with E-state index < -0.39 is 0 Å². The summed E-state index contributed by atoms with van der Waals surface area (Å²) in [6.45, 7) is 0. The van der Waals surface area contributed by atoms with E-state index >= 15 is 0 Å². The van der Waals surface area contributed by atoms with Crippen LogP contribution >= 0.6 is 0 Å². The Labute approximate surface area is 72.4 Å². The normalized spacial score (nSPS) is 10.9. The summed E-state index contributed by atoms with van der Waals surface area (Å²) in [5, 5.41) is 0. The number of hydrogen-bond acceptors (Lipinski definition) is 3. The van der Waals surface area contributed by atoms with Gasteiger partial charge in [0.05, 0.1) is 6.33 Å². The van der Waals surface area contributed by atoms with Gasteiger partial charge >= 0.3 is 0 Å². The summed E-state index contributed by atoms with van der Waals surface area (Å²) < 4.78 is 2.47. The zero-order chi connectivity index (χ0) is 9.59. The molecule has 2 aromatic rings. The predicted octanol–water partition coefficient (Wildman–Crippen LogP) is -1.04. The maximum atomic E-state index is 11.5. The van der Waals surface area contributed by atoms with Crippen molar-refractivity contribution in [3.8, 4) is 0 Å². The van der Waals surface area contributed by atoms with Crippen LogP contribution in [0.3, 0.4) is 0 Å². The zero-order valence-corrected chi connectivity index (χ0v) is 7.24. The minimum absolute atomic E-state index is 0.186.